The highest BCUT2D eigenvalue weighted by atomic mass is 16.5. The van der Waals surface area contributed by atoms with Crippen LogP contribution in [0.1, 0.15) is 54.5 Å². The van der Waals surface area contributed by atoms with Crippen molar-refractivity contribution in [3.05, 3.63) is 47.4 Å². The van der Waals surface area contributed by atoms with Crippen LogP contribution in [0.25, 0.3) is 5.65 Å². The second-order valence-electron chi connectivity index (χ2n) is 8.05. The first-order valence-electron chi connectivity index (χ1n) is 10.6. The number of fused-ring (bicyclic) bond motifs is 1. The van der Waals surface area contributed by atoms with Crippen LogP contribution in [0.15, 0.2) is 30.5 Å². The van der Waals surface area contributed by atoms with E-state index in [0.717, 1.165) is 30.0 Å². The van der Waals surface area contributed by atoms with Gasteiger partial charge in [0.25, 0.3) is 5.91 Å². The fraction of sp³-hybridized carbons (Fsp3) is 0.455. The molecule has 2 N–H and O–H groups in total. The summed E-state index contributed by atoms with van der Waals surface area (Å²) >= 11 is 0. The fourth-order valence-corrected chi connectivity index (χ4v) is 3.69. The Bertz CT molecular complexity index is 1070. The van der Waals surface area contributed by atoms with Gasteiger partial charge in [-0.25, -0.2) is 4.98 Å². The van der Waals surface area contributed by atoms with Gasteiger partial charge in [-0.3, -0.25) is 4.79 Å². The quantitative estimate of drug-likeness (QED) is 0.629. The first-order valence-corrected chi connectivity index (χ1v) is 10.6. The van der Waals surface area contributed by atoms with Crippen molar-refractivity contribution in [3.8, 4) is 5.75 Å². The lowest BCUT2D eigenvalue weighted by Crippen LogP contribution is -2.47. The zero-order valence-corrected chi connectivity index (χ0v) is 18.4. The Morgan fingerprint density at radius 3 is 2.68 bits per heavy atom. The molecule has 1 aliphatic rings. The molecule has 1 aliphatic heterocycles. The van der Waals surface area contributed by atoms with Gasteiger partial charge in [0.2, 0.25) is 11.8 Å². The maximum absolute atomic E-state index is 13.1. The number of ether oxygens (including phenoxy) is 1. The van der Waals surface area contributed by atoms with E-state index in [9.17, 15) is 4.79 Å². The number of carbonyl (C=O) groups is 1. The molecule has 3 heterocycles. The number of nitrogens with zero attached hydrogens (tertiary/aromatic N) is 5. The van der Waals surface area contributed by atoms with Gasteiger partial charge in [-0.2, -0.15) is 14.6 Å². The first-order chi connectivity index (χ1) is 15.0. The van der Waals surface area contributed by atoms with E-state index in [4.69, 9.17) is 4.74 Å². The summed E-state index contributed by atoms with van der Waals surface area (Å²) < 4.78 is 7.03. The summed E-state index contributed by atoms with van der Waals surface area (Å²) in [6, 6.07) is 7.78. The maximum Gasteiger partial charge on any atom is 0.291 e. The minimum Gasteiger partial charge on any atom is -0.497 e. The number of piperazine rings is 1. The number of methoxy groups -OCH3 is 1. The molecule has 0 saturated carbocycles. The molecular formula is C22H29N7O2. The summed E-state index contributed by atoms with van der Waals surface area (Å²) in [5.41, 5.74) is 2.68. The van der Waals surface area contributed by atoms with Crippen LogP contribution in [0.2, 0.25) is 0 Å². The summed E-state index contributed by atoms with van der Waals surface area (Å²) in [5, 5.41) is 11.2. The first kappa shape index (κ1) is 21.0. The number of benzene rings is 1. The zero-order valence-electron chi connectivity index (χ0n) is 18.4. The lowest BCUT2D eigenvalue weighted by atomic mass is 10.1. The third-order valence-electron chi connectivity index (χ3n) is 5.55. The number of carbonyl (C=O) groups excluding carboxylic acids is 1. The van der Waals surface area contributed by atoms with Crippen LogP contribution in [0.5, 0.6) is 5.75 Å². The second kappa shape index (κ2) is 8.89. The molecule has 1 saturated heterocycles. The Hall–Kier alpha value is -3.20. The number of amides is 1. The van der Waals surface area contributed by atoms with E-state index >= 15 is 0 Å². The summed E-state index contributed by atoms with van der Waals surface area (Å²) in [6.07, 6.45) is 1.80. The van der Waals surface area contributed by atoms with Gasteiger partial charge >= 0.3 is 0 Å². The van der Waals surface area contributed by atoms with Gasteiger partial charge in [0, 0.05) is 31.7 Å². The van der Waals surface area contributed by atoms with Gasteiger partial charge in [0.05, 0.1) is 19.3 Å². The number of rotatable bonds is 6. The van der Waals surface area contributed by atoms with Gasteiger partial charge in [-0.1, -0.05) is 26.0 Å². The highest BCUT2D eigenvalue weighted by molar-refractivity contribution is 5.91. The van der Waals surface area contributed by atoms with Crippen molar-refractivity contribution in [1.82, 2.24) is 29.8 Å². The Kier molecular flexibility index (Phi) is 6.03. The molecule has 1 unspecified atom stereocenters. The smallest absolute Gasteiger partial charge is 0.291 e. The van der Waals surface area contributed by atoms with E-state index < -0.39 is 0 Å². The Balaban J connectivity index is 1.73. The van der Waals surface area contributed by atoms with Crippen molar-refractivity contribution in [1.29, 1.82) is 0 Å². The molecule has 1 aromatic carbocycles. The molecule has 31 heavy (non-hydrogen) atoms. The third kappa shape index (κ3) is 4.32. The molecule has 1 amide bonds. The summed E-state index contributed by atoms with van der Waals surface area (Å²) in [4.78, 5) is 24.1. The van der Waals surface area contributed by atoms with Crippen LogP contribution >= 0.6 is 0 Å². The molecule has 1 fully saturated rings. The molecule has 164 valence electrons. The van der Waals surface area contributed by atoms with Crippen LogP contribution < -0.4 is 15.4 Å². The summed E-state index contributed by atoms with van der Waals surface area (Å²) in [7, 11) is 1.65. The number of hydrogen-bond donors (Lipinski definition) is 2. The molecule has 1 atom stereocenters. The van der Waals surface area contributed by atoms with Crippen molar-refractivity contribution in [2.45, 2.75) is 32.7 Å². The van der Waals surface area contributed by atoms with Crippen molar-refractivity contribution in [3.63, 3.8) is 0 Å². The Morgan fingerprint density at radius 1 is 1.19 bits per heavy atom. The van der Waals surface area contributed by atoms with Gasteiger partial charge in [-0.05, 0) is 30.5 Å². The van der Waals surface area contributed by atoms with Gasteiger partial charge in [0.15, 0.2) is 5.65 Å². The van der Waals surface area contributed by atoms with E-state index in [1.165, 1.54) is 0 Å². The zero-order chi connectivity index (χ0) is 22.0. The average molecular weight is 424 g/mol. The van der Waals surface area contributed by atoms with Crippen LogP contribution in [-0.2, 0) is 0 Å². The molecule has 9 heteroatoms. The number of anilines is 1. The average Bonchev–Trinajstić information content (AvgIpc) is 3.24. The molecule has 9 nitrogen and oxygen atoms in total. The predicted molar refractivity (Wildman–Crippen MR) is 119 cm³/mol. The van der Waals surface area contributed by atoms with Gasteiger partial charge in [0.1, 0.15) is 5.75 Å². The molecule has 4 rings (SSSR count). The Labute approximate surface area is 181 Å². The summed E-state index contributed by atoms with van der Waals surface area (Å²) in [6.45, 7) is 9.05. The minimum atomic E-state index is -0.156. The molecule has 0 spiro atoms. The third-order valence-corrected chi connectivity index (χ3v) is 5.55. The largest absolute Gasteiger partial charge is 0.497 e. The van der Waals surface area contributed by atoms with Crippen molar-refractivity contribution in [2.75, 3.05) is 38.6 Å². The second-order valence-corrected chi connectivity index (χ2v) is 8.05. The van der Waals surface area contributed by atoms with E-state index in [2.05, 4.69) is 39.5 Å². The van der Waals surface area contributed by atoms with E-state index in [-0.39, 0.29) is 23.7 Å². The van der Waals surface area contributed by atoms with Crippen LogP contribution in [0, 0.1) is 0 Å². The van der Waals surface area contributed by atoms with Crippen molar-refractivity contribution in [2.24, 2.45) is 0 Å². The van der Waals surface area contributed by atoms with E-state index in [1.807, 2.05) is 31.2 Å². The predicted octanol–water partition coefficient (Wildman–Crippen LogP) is 2.47. The monoisotopic (exact) mass is 423 g/mol. The lowest BCUT2D eigenvalue weighted by molar-refractivity contribution is 0.0723. The van der Waals surface area contributed by atoms with Gasteiger partial charge in [-0.15, -0.1) is 0 Å². The molecule has 2 aromatic heterocycles. The maximum atomic E-state index is 13.1. The van der Waals surface area contributed by atoms with E-state index in [1.54, 1.807) is 22.7 Å². The molecule has 3 aromatic rings. The molecular weight excluding hydrogens is 394 g/mol. The lowest BCUT2D eigenvalue weighted by Gasteiger charge is -2.27. The normalized spacial score (nSPS) is 15.3. The standard InChI is InChI=1S/C22H29N7O2/c1-14(2)18-13-24-29-20(18)26-19(21(30)28-10-8-23-9-11-28)27-22(29)25-15(3)16-6-5-7-17(12-16)31-4/h5-7,12-15,23H,8-11H2,1-4H3,(H,25,26,27). The number of nitrogens with one attached hydrogen (secondary N) is 2. The van der Waals surface area contributed by atoms with Crippen LogP contribution in [0.4, 0.5) is 5.95 Å². The minimum absolute atomic E-state index is 0.0814. The topological polar surface area (TPSA) is 96.7 Å². The number of aromatic nitrogens is 4. The summed E-state index contributed by atoms with van der Waals surface area (Å²) in [5.74, 6) is 1.53. The molecule has 0 bridgehead atoms. The van der Waals surface area contributed by atoms with E-state index in [0.29, 0.717) is 24.7 Å². The fourth-order valence-electron chi connectivity index (χ4n) is 3.69. The molecule has 0 radical (unpaired) electrons. The number of hydrogen-bond acceptors (Lipinski definition) is 7. The van der Waals surface area contributed by atoms with Crippen molar-refractivity contribution >= 4 is 17.5 Å². The van der Waals surface area contributed by atoms with Crippen molar-refractivity contribution < 1.29 is 9.53 Å². The SMILES string of the molecule is COc1cccc(C(C)Nc2nc(C(=O)N3CCNCC3)nc3c(C(C)C)cnn23)c1. The van der Waals surface area contributed by atoms with Gasteiger partial charge < -0.3 is 20.3 Å². The highest BCUT2D eigenvalue weighted by Crippen LogP contribution is 2.25. The molecule has 0 aliphatic carbocycles. The van der Waals surface area contributed by atoms with Crippen LogP contribution in [-0.4, -0.2) is 63.7 Å². The Morgan fingerprint density at radius 2 is 1.97 bits per heavy atom. The highest BCUT2D eigenvalue weighted by Gasteiger charge is 2.24. The van der Waals surface area contributed by atoms with Crippen LogP contribution in [0.3, 0.4) is 0 Å².